The topological polar surface area (TPSA) is 93.9 Å². The standard InChI is InChI=1S/C21H18N4O3S/c1-14-6-3-4-8-19(14)25-20(26)17-12-16(29(2,27)28)9-10-18(17)24-21(25)23-15-7-5-11-22-13-15/h3-13H,1-2H3,(H,23,24). The van der Waals surface area contributed by atoms with E-state index < -0.39 is 9.84 Å². The van der Waals surface area contributed by atoms with Crippen molar-refractivity contribution in [3.63, 3.8) is 0 Å². The van der Waals surface area contributed by atoms with Crippen molar-refractivity contribution in [2.24, 2.45) is 0 Å². The highest BCUT2D eigenvalue weighted by molar-refractivity contribution is 7.90. The van der Waals surface area contributed by atoms with Crippen molar-refractivity contribution in [3.8, 4) is 5.69 Å². The first-order chi connectivity index (χ1) is 13.8. The lowest BCUT2D eigenvalue weighted by atomic mass is 10.2. The number of nitrogens with zero attached hydrogens (tertiary/aromatic N) is 3. The zero-order valence-corrected chi connectivity index (χ0v) is 16.6. The number of hydrogen-bond donors (Lipinski definition) is 1. The number of aryl methyl sites for hydroxylation is 1. The van der Waals surface area contributed by atoms with Crippen LogP contribution >= 0.6 is 0 Å². The molecule has 7 nitrogen and oxygen atoms in total. The van der Waals surface area contributed by atoms with Crippen LogP contribution in [0.4, 0.5) is 11.6 Å². The number of para-hydroxylation sites is 1. The molecular formula is C21H18N4O3S. The third-order valence-corrected chi connectivity index (χ3v) is 5.65. The highest BCUT2D eigenvalue weighted by Gasteiger charge is 2.17. The number of pyridine rings is 1. The normalized spacial score (nSPS) is 11.5. The average molecular weight is 406 g/mol. The summed E-state index contributed by atoms with van der Waals surface area (Å²) in [6.45, 7) is 1.90. The minimum Gasteiger partial charge on any atom is -0.324 e. The Bertz CT molecular complexity index is 1380. The van der Waals surface area contributed by atoms with Crippen LogP contribution in [0.5, 0.6) is 0 Å². The van der Waals surface area contributed by atoms with Crippen LogP contribution in [0.15, 0.2) is 76.7 Å². The molecule has 0 bridgehead atoms. The molecule has 0 saturated heterocycles. The summed E-state index contributed by atoms with van der Waals surface area (Å²) in [4.78, 5) is 22.2. The molecule has 0 spiro atoms. The van der Waals surface area contributed by atoms with Gasteiger partial charge in [-0.05, 0) is 48.9 Å². The van der Waals surface area contributed by atoms with Crippen molar-refractivity contribution in [2.45, 2.75) is 11.8 Å². The summed E-state index contributed by atoms with van der Waals surface area (Å²) >= 11 is 0. The van der Waals surface area contributed by atoms with Crippen molar-refractivity contribution in [1.29, 1.82) is 0 Å². The van der Waals surface area contributed by atoms with E-state index in [-0.39, 0.29) is 15.8 Å². The summed E-state index contributed by atoms with van der Waals surface area (Å²) in [5, 5.41) is 3.38. The molecule has 0 aliphatic carbocycles. The van der Waals surface area contributed by atoms with Gasteiger partial charge in [0.25, 0.3) is 5.56 Å². The van der Waals surface area contributed by atoms with E-state index >= 15 is 0 Å². The van der Waals surface area contributed by atoms with Gasteiger partial charge in [-0.25, -0.2) is 18.0 Å². The Morgan fingerprint density at radius 2 is 1.83 bits per heavy atom. The van der Waals surface area contributed by atoms with Crippen molar-refractivity contribution < 1.29 is 8.42 Å². The molecule has 0 saturated carbocycles. The van der Waals surface area contributed by atoms with E-state index in [2.05, 4.69) is 15.3 Å². The molecule has 0 unspecified atom stereocenters. The summed E-state index contributed by atoms with van der Waals surface area (Å²) in [7, 11) is -3.46. The fourth-order valence-electron chi connectivity index (χ4n) is 3.08. The fraction of sp³-hybridized carbons (Fsp3) is 0.0952. The number of nitrogens with one attached hydrogen (secondary N) is 1. The molecule has 2 aromatic carbocycles. The Hall–Kier alpha value is -3.52. The predicted octanol–water partition coefficient (Wildman–Crippen LogP) is 3.24. The van der Waals surface area contributed by atoms with Gasteiger partial charge >= 0.3 is 0 Å². The molecule has 4 rings (SSSR count). The summed E-state index contributed by atoms with van der Waals surface area (Å²) in [6, 6.07) is 15.4. The van der Waals surface area contributed by atoms with Gasteiger partial charge in [0.05, 0.1) is 33.4 Å². The third-order valence-electron chi connectivity index (χ3n) is 4.54. The first kappa shape index (κ1) is 18.8. The highest BCUT2D eigenvalue weighted by Crippen LogP contribution is 2.23. The monoisotopic (exact) mass is 406 g/mol. The van der Waals surface area contributed by atoms with Crippen LogP contribution in [0.25, 0.3) is 16.6 Å². The Kier molecular flexibility index (Phi) is 4.63. The number of hydrogen-bond acceptors (Lipinski definition) is 6. The molecule has 0 radical (unpaired) electrons. The lowest BCUT2D eigenvalue weighted by molar-refractivity contribution is 0.602. The van der Waals surface area contributed by atoms with Gasteiger partial charge in [0, 0.05) is 12.5 Å². The van der Waals surface area contributed by atoms with E-state index in [1.165, 1.54) is 16.7 Å². The fourth-order valence-corrected chi connectivity index (χ4v) is 3.73. The Morgan fingerprint density at radius 3 is 2.52 bits per heavy atom. The van der Waals surface area contributed by atoms with Gasteiger partial charge in [-0.1, -0.05) is 18.2 Å². The quantitative estimate of drug-likeness (QED) is 0.559. The van der Waals surface area contributed by atoms with Crippen LogP contribution in [-0.2, 0) is 9.84 Å². The lowest BCUT2D eigenvalue weighted by Crippen LogP contribution is -2.23. The second-order valence-electron chi connectivity index (χ2n) is 6.68. The van der Waals surface area contributed by atoms with Crippen LogP contribution in [0, 0.1) is 6.92 Å². The number of rotatable bonds is 4. The van der Waals surface area contributed by atoms with E-state index in [4.69, 9.17) is 0 Å². The molecule has 2 heterocycles. The number of fused-ring (bicyclic) bond motifs is 1. The maximum Gasteiger partial charge on any atom is 0.267 e. The largest absolute Gasteiger partial charge is 0.324 e. The zero-order chi connectivity index (χ0) is 20.6. The van der Waals surface area contributed by atoms with Crippen LogP contribution in [0.2, 0.25) is 0 Å². The smallest absolute Gasteiger partial charge is 0.267 e. The van der Waals surface area contributed by atoms with Crippen LogP contribution < -0.4 is 10.9 Å². The van der Waals surface area contributed by atoms with Crippen LogP contribution in [-0.4, -0.2) is 29.2 Å². The lowest BCUT2D eigenvalue weighted by Gasteiger charge is -2.16. The number of benzene rings is 2. The van der Waals surface area contributed by atoms with Crippen molar-refractivity contribution in [2.75, 3.05) is 11.6 Å². The average Bonchev–Trinajstić information content (AvgIpc) is 2.69. The molecule has 2 aromatic heterocycles. The Morgan fingerprint density at radius 1 is 1.03 bits per heavy atom. The van der Waals surface area contributed by atoms with Crippen molar-refractivity contribution in [3.05, 3.63) is 82.9 Å². The Balaban J connectivity index is 2.04. The van der Waals surface area contributed by atoms with E-state index in [0.717, 1.165) is 11.8 Å². The molecule has 8 heteroatoms. The molecule has 0 atom stereocenters. The van der Waals surface area contributed by atoms with Gasteiger partial charge in [0.15, 0.2) is 9.84 Å². The molecule has 0 amide bonds. The summed E-state index contributed by atoms with van der Waals surface area (Å²) < 4.78 is 25.4. The van der Waals surface area contributed by atoms with E-state index in [9.17, 15) is 13.2 Å². The Labute approximate surface area is 167 Å². The van der Waals surface area contributed by atoms with Gasteiger partial charge < -0.3 is 5.32 Å². The maximum atomic E-state index is 13.4. The van der Waals surface area contributed by atoms with Gasteiger partial charge in [0.1, 0.15) is 0 Å². The predicted molar refractivity (Wildman–Crippen MR) is 113 cm³/mol. The SMILES string of the molecule is Cc1ccccc1-n1c(Nc2cccnc2)nc2ccc(S(C)(=O)=O)cc2c1=O. The van der Waals surface area contributed by atoms with Gasteiger partial charge in [-0.2, -0.15) is 0 Å². The maximum absolute atomic E-state index is 13.4. The number of sulfone groups is 1. The summed E-state index contributed by atoms with van der Waals surface area (Å²) in [6.07, 6.45) is 4.39. The minimum atomic E-state index is -3.46. The number of aromatic nitrogens is 3. The van der Waals surface area contributed by atoms with Crippen LogP contribution in [0.1, 0.15) is 5.56 Å². The molecule has 146 valence electrons. The molecule has 4 aromatic rings. The highest BCUT2D eigenvalue weighted by atomic mass is 32.2. The number of anilines is 2. The molecule has 0 fully saturated rings. The molecule has 0 aliphatic rings. The first-order valence-electron chi connectivity index (χ1n) is 8.84. The summed E-state index contributed by atoms with van der Waals surface area (Å²) in [5.74, 6) is 0.317. The zero-order valence-electron chi connectivity index (χ0n) is 15.8. The van der Waals surface area contributed by atoms with E-state index in [1.54, 1.807) is 24.5 Å². The van der Waals surface area contributed by atoms with Crippen LogP contribution in [0.3, 0.4) is 0 Å². The van der Waals surface area contributed by atoms with Gasteiger partial charge in [-0.15, -0.1) is 0 Å². The second kappa shape index (κ2) is 7.14. The molecule has 29 heavy (non-hydrogen) atoms. The van der Waals surface area contributed by atoms with Gasteiger partial charge in [0.2, 0.25) is 5.95 Å². The molecule has 1 N–H and O–H groups in total. The second-order valence-corrected chi connectivity index (χ2v) is 8.70. The van der Waals surface area contributed by atoms with E-state index in [0.29, 0.717) is 22.8 Å². The minimum absolute atomic E-state index is 0.0770. The first-order valence-corrected chi connectivity index (χ1v) is 10.7. The summed E-state index contributed by atoms with van der Waals surface area (Å²) in [5.41, 5.74) is 2.25. The van der Waals surface area contributed by atoms with Gasteiger partial charge in [-0.3, -0.25) is 9.78 Å². The third kappa shape index (κ3) is 3.62. The van der Waals surface area contributed by atoms with Crippen molar-refractivity contribution >= 4 is 32.4 Å². The molecule has 0 aliphatic heterocycles. The molecular weight excluding hydrogens is 388 g/mol. The van der Waals surface area contributed by atoms with E-state index in [1.807, 2.05) is 37.3 Å². The van der Waals surface area contributed by atoms with Crippen molar-refractivity contribution in [1.82, 2.24) is 14.5 Å².